The minimum atomic E-state index is -0.707. The smallest absolute Gasteiger partial charge is 0.329 e. The van der Waals surface area contributed by atoms with Crippen molar-refractivity contribution in [1.82, 2.24) is 34.1 Å². The zero-order valence-electron chi connectivity index (χ0n) is 31.0. The molecule has 3 aliphatic rings. The molecular weight excluding hydrogens is 701 g/mol. The highest BCUT2D eigenvalue weighted by molar-refractivity contribution is 6.06. The molecule has 2 saturated heterocycles. The van der Waals surface area contributed by atoms with Crippen LogP contribution >= 0.6 is 0 Å². The summed E-state index contributed by atoms with van der Waals surface area (Å²) < 4.78 is 10.9. The number of aryl methyl sites for hydroxylation is 1. The second-order valence-electron chi connectivity index (χ2n) is 14.9. The molecule has 55 heavy (non-hydrogen) atoms. The number of rotatable bonds is 8. The number of fused-ring (bicyclic) bond motifs is 2. The van der Waals surface area contributed by atoms with Gasteiger partial charge in [-0.2, -0.15) is 10.4 Å². The number of hydrogen-bond donors (Lipinski definition) is 2. The first-order chi connectivity index (χ1) is 26.7. The van der Waals surface area contributed by atoms with E-state index < -0.39 is 11.9 Å². The van der Waals surface area contributed by atoms with Crippen molar-refractivity contribution in [2.45, 2.75) is 57.0 Å². The number of nitrogens with zero attached hydrogens (tertiary/aromatic N) is 8. The highest BCUT2D eigenvalue weighted by Gasteiger charge is 2.32. The molecule has 2 N–H and O–H groups in total. The van der Waals surface area contributed by atoms with Gasteiger partial charge in [-0.15, -0.1) is 0 Å². The van der Waals surface area contributed by atoms with Crippen LogP contribution in [0.2, 0.25) is 0 Å². The van der Waals surface area contributed by atoms with Crippen LogP contribution in [0.3, 0.4) is 0 Å². The van der Waals surface area contributed by atoms with Gasteiger partial charge in [0, 0.05) is 69.7 Å². The number of para-hydroxylation sites is 1. The van der Waals surface area contributed by atoms with Crippen LogP contribution in [0, 0.1) is 17.2 Å². The van der Waals surface area contributed by atoms with Crippen molar-refractivity contribution in [1.29, 1.82) is 5.26 Å². The Bertz CT molecular complexity index is 2400. The molecule has 8 rings (SSSR count). The number of imidazole rings is 1. The molecule has 1 unspecified atom stereocenters. The van der Waals surface area contributed by atoms with E-state index in [1.807, 2.05) is 36.5 Å². The van der Waals surface area contributed by atoms with Gasteiger partial charge in [0.2, 0.25) is 11.8 Å². The normalized spacial score (nSPS) is 21.0. The predicted molar refractivity (Wildman–Crippen MR) is 206 cm³/mol. The number of hydrogen-bond acceptors (Lipinski definition) is 10. The first kappa shape index (κ1) is 36.0. The highest BCUT2D eigenvalue weighted by atomic mass is 16.5. The maximum Gasteiger partial charge on any atom is 0.329 e. The fraction of sp³-hybridized carbons (Fsp3) is 0.425. The molecule has 5 heterocycles. The molecule has 0 bridgehead atoms. The summed E-state index contributed by atoms with van der Waals surface area (Å²) >= 11 is 0. The Labute approximate surface area is 317 Å². The van der Waals surface area contributed by atoms with E-state index in [1.165, 1.54) is 18.5 Å². The molecular formula is C40H44N10O5. The first-order valence-electron chi connectivity index (χ1n) is 18.9. The van der Waals surface area contributed by atoms with Crippen LogP contribution in [0.25, 0.3) is 21.9 Å². The Hall–Kier alpha value is -6.01. The quantitative estimate of drug-likeness (QED) is 0.220. The topological polar surface area (TPSA) is 172 Å². The summed E-state index contributed by atoms with van der Waals surface area (Å²) in [6.07, 6.45) is 10.7. The Kier molecular flexibility index (Phi) is 9.83. The molecule has 15 heteroatoms. The monoisotopic (exact) mass is 744 g/mol. The molecule has 2 aliphatic heterocycles. The van der Waals surface area contributed by atoms with E-state index in [2.05, 4.69) is 36.2 Å². The minimum absolute atomic E-state index is 0.211. The number of carbonyl (C=O) groups is 3. The van der Waals surface area contributed by atoms with Gasteiger partial charge in [0.15, 0.2) is 0 Å². The molecule has 0 spiro atoms. The number of benzene rings is 2. The fourth-order valence-corrected chi connectivity index (χ4v) is 8.60. The van der Waals surface area contributed by atoms with Crippen molar-refractivity contribution in [3.63, 3.8) is 0 Å². The third-order valence-corrected chi connectivity index (χ3v) is 11.5. The second kappa shape index (κ2) is 15.0. The van der Waals surface area contributed by atoms with Gasteiger partial charge in [0.25, 0.3) is 5.91 Å². The van der Waals surface area contributed by atoms with Gasteiger partial charge in [0.1, 0.15) is 17.9 Å². The minimum Gasteiger partial charge on any atom is -0.494 e. The van der Waals surface area contributed by atoms with Gasteiger partial charge < -0.3 is 19.9 Å². The van der Waals surface area contributed by atoms with E-state index in [9.17, 15) is 24.4 Å². The van der Waals surface area contributed by atoms with Crippen LogP contribution in [0.15, 0.2) is 59.8 Å². The van der Waals surface area contributed by atoms with Crippen LogP contribution in [0.5, 0.6) is 5.75 Å². The predicted octanol–water partition coefficient (Wildman–Crippen LogP) is 4.14. The van der Waals surface area contributed by atoms with Gasteiger partial charge in [0.05, 0.1) is 52.2 Å². The molecule has 15 nitrogen and oxygen atoms in total. The number of aromatic nitrogens is 5. The van der Waals surface area contributed by atoms with Crippen LogP contribution < -0.4 is 26.0 Å². The van der Waals surface area contributed by atoms with E-state index in [1.54, 1.807) is 23.3 Å². The Morgan fingerprint density at radius 1 is 1.04 bits per heavy atom. The molecule has 3 fully saturated rings. The van der Waals surface area contributed by atoms with Gasteiger partial charge in [-0.1, -0.05) is 6.07 Å². The fourth-order valence-electron chi connectivity index (χ4n) is 8.60. The lowest BCUT2D eigenvalue weighted by Gasteiger charge is -2.32. The Balaban J connectivity index is 0.893. The average molecular weight is 745 g/mol. The maximum atomic E-state index is 13.5. The molecule has 1 saturated carbocycles. The lowest BCUT2D eigenvalue weighted by Crippen LogP contribution is -2.44. The second-order valence-corrected chi connectivity index (χ2v) is 14.9. The summed E-state index contributed by atoms with van der Waals surface area (Å²) in [6, 6.07) is 12.7. The van der Waals surface area contributed by atoms with E-state index in [-0.39, 0.29) is 35.5 Å². The van der Waals surface area contributed by atoms with E-state index in [0.29, 0.717) is 34.9 Å². The molecule has 284 valence electrons. The number of piperidine rings is 1. The number of ether oxygens (including phenoxy) is 1. The highest BCUT2D eigenvalue weighted by Crippen LogP contribution is 2.36. The maximum absolute atomic E-state index is 13.5. The molecule has 5 aromatic rings. The largest absolute Gasteiger partial charge is 0.494 e. The number of anilines is 2. The number of methoxy groups -OCH3 is 1. The molecule has 0 radical (unpaired) electrons. The lowest BCUT2D eigenvalue weighted by atomic mass is 9.85. The van der Waals surface area contributed by atoms with Crippen LogP contribution in [0.1, 0.15) is 73.0 Å². The SMILES string of the molecule is COc1cc2nn([C@H]3CC[C@H](CN4CCCN(c5cccc6c5n(C)c(=O)n6C5CCC(=O)NC5=O)CC4)CC3)cc2cc1NC(=O)c1cncc(C#N)c1. The van der Waals surface area contributed by atoms with Crippen molar-refractivity contribution in [3.05, 3.63) is 76.6 Å². The number of amides is 3. The standard InChI is InChI=1S/C40H44N10O5/c1-46-37-32(5-3-6-33(37)50(40(46)54)34-11-12-36(51)44-39(34)53)48-14-4-13-47(15-16-48)23-25-7-9-29(10-8-25)49-24-28-18-31(35(55-2)19-30(28)45-49)43-38(52)27-17-26(20-41)21-42-22-27/h3,5-6,17-19,21-22,24-25,29,34H,4,7-16,23H2,1-2H3,(H,43,52)(H,44,51,53)/t25-,29-,34?. The van der Waals surface area contributed by atoms with Crippen molar-refractivity contribution in [3.8, 4) is 11.8 Å². The van der Waals surface area contributed by atoms with Crippen molar-refractivity contribution < 1.29 is 19.1 Å². The lowest BCUT2D eigenvalue weighted by molar-refractivity contribution is -0.135. The molecule has 3 aromatic heterocycles. The molecule has 1 aliphatic carbocycles. The van der Waals surface area contributed by atoms with E-state index >= 15 is 0 Å². The Morgan fingerprint density at radius 3 is 2.65 bits per heavy atom. The molecule has 3 amide bonds. The summed E-state index contributed by atoms with van der Waals surface area (Å²) in [4.78, 5) is 59.9. The van der Waals surface area contributed by atoms with Crippen molar-refractivity contribution >= 4 is 51.0 Å². The van der Waals surface area contributed by atoms with Crippen LogP contribution in [-0.4, -0.2) is 86.4 Å². The van der Waals surface area contributed by atoms with Crippen LogP contribution in [0.4, 0.5) is 11.4 Å². The van der Waals surface area contributed by atoms with Crippen molar-refractivity contribution in [2.24, 2.45) is 13.0 Å². The third kappa shape index (κ3) is 7.05. The number of nitrogens with one attached hydrogen (secondary N) is 2. The van der Waals surface area contributed by atoms with Gasteiger partial charge in [-0.25, -0.2) is 4.79 Å². The van der Waals surface area contributed by atoms with E-state index in [0.717, 1.165) is 86.9 Å². The zero-order chi connectivity index (χ0) is 38.2. The third-order valence-electron chi connectivity index (χ3n) is 11.5. The van der Waals surface area contributed by atoms with Crippen molar-refractivity contribution in [2.75, 3.05) is 50.1 Å². The Morgan fingerprint density at radius 2 is 1.87 bits per heavy atom. The number of pyridine rings is 1. The van der Waals surface area contributed by atoms with Gasteiger partial charge in [-0.3, -0.25) is 38.5 Å². The van der Waals surface area contributed by atoms with E-state index in [4.69, 9.17) is 9.84 Å². The first-order valence-corrected chi connectivity index (χ1v) is 18.9. The number of carbonyl (C=O) groups excluding carboxylic acids is 3. The molecule has 2 aromatic carbocycles. The summed E-state index contributed by atoms with van der Waals surface area (Å²) in [7, 11) is 3.32. The zero-order valence-corrected chi connectivity index (χ0v) is 31.0. The number of nitriles is 1. The van der Waals surface area contributed by atoms with Gasteiger partial charge >= 0.3 is 5.69 Å². The molecule has 1 atom stereocenters. The summed E-state index contributed by atoms with van der Waals surface area (Å²) in [5.74, 6) is -0.0104. The van der Waals surface area contributed by atoms with Crippen LogP contribution in [-0.2, 0) is 16.6 Å². The summed E-state index contributed by atoms with van der Waals surface area (Å²) in [5.41, 5.74) is 4.18. The number of imide groups is 1. The average Bonchev–Trinajstić information content (AvgIpc) is 3.62. The summed E-state index contributed by atoms with van der Waals surface area (Å²) in [6.45, 7) is 4.68. The summed E-state index contributed by atoms with van der Waals surface area (Å²) in [5, 5.41) is 20.3. The van der Waals surface area contributed by atoms with Gasteiger partial charge in [-0.05, 0) is 75.3 Å².